The average Bonchev–Trinajstić information content (AvgIpc) is 2.38. The van der Waals surface area contributed by atoms with Crippen molar-refractivity contribution < 1.29 is 9.30 Å². The van der Waals surface area contributed by atoms with Crippen LogP contribution in [0.25, 0.3) is 0 Å². The second-order valence-electron chi connectivity index (χ2n) is 2.58. The summed E-state index contributed by atoms with van der Waals surface area (Å²) in [6.07, 6.45) is 7.29. The van der Waals surface area contributed by atoms with Gasteiger partial charge in [-0.15, -0.1) is 0 Å². The Morgan fingerprint density at radius 3 is 3.00 bits per heavy atom. The van der Waals surface area contributed by atoms with Crippen molar-refractivity contribution >= 4 is 0 Å². The minimum Gasteiger partial charge on any atom is -0.345 e. The van der Waals surface area contributed by atoms with Crippen LogP contribution in [0.2, 0.25) is 0 Å². The number of ether oxygens (including phenoxy) is 1. The Labute approximate surface area is 67.2 Å². The van der Waals surface area contributed by atoms with Crippen molar-refractivity contribution in [2.75, 3.05) is 7.11 Å². The quantitative estimate of drug-likeness (QED) is 0.588. The third kappa shape index (κ3) is 2.35. The van der Waals surface area contributed by atoms with E-state index in [-0.39, 0.29) is 0 Å². The van der Waals surface area contributed by atoms with Crippen molar-refractivity contribution in [3.8, 4) is 0 Å². The highest BCUT2D eigenvalue weighted by molar-refractivity contribution is 4.64. The minimum absolute atomic E-state index is 0.636. The second kappa shape index (κ2) is 4.13. The number of rotatable bonds is 4. The van der Waals surface area contributed by atoms with E-state index in [9.17, 15) is 0 Å². The lowest BCUT2D eigenvalue weighted by Crippen LogP contribution is -2.31. The zero-order valence-electron chi connectivity index (χ0n) is 7.16. The van der Waals surface area contributed by atoms with E-state index in [1.807, 2.05) is 17.1 Å². The second-order valence-corrected chi connectivity index (χ2v) is 2.58. The van der Waals surface area contributed by atoms with Crippen LogP contribution in [0.15, 0.2) is 18.7 Å². The number of aromatic nitrogens is 2. The molecule has 0 aliphatic heterocycles. The summed E-state index contributed by atoms with van der Waals surface area (Å²) >= 11 is 0. The zero-order chi connectivity index (χ0) is 8.10. The van der Waals surface area contributed by atoms with Gasteiger partial charge in [0, 0.05) is 7.11 Å². The molecule has 0 saturated heterocycles. The molecule has 3 heteroatoms. The first-order valence-electron chi connectivity index (χ1n) is 3.90. The van der Waals surface area contributed by atoms with Gasteiger partial charge in [-0.3, -0.25) is 0 Å². The van der Waals surface area contributed by atoms with Crippen molar-refractivity contribution in [1.82, 2.24) is 4.57 Å². The maximum absolute atomic E-state index is 4.97. The topological polar surface area (TPSA) is 18.0 Å². The molecule has 0 aromatic carbocycles. The first-order chi connectivity index (χ1) is 5.36. The minimum atomic E-state index is 0.636. The van der Waals surface area contributed by atoms with Crippen LogP contribution in [0.5, 0.6) is 0 Å². The Hall–Kier alpha value is -0.830. The highest BCUT2D eigenvalue weighted by Crippen LogP contribution is 1.87. The van der Waals surface area contributed by atoms with Gasteiger partial charge in [-0.05, 0) is 6.42 Å². The van der Waals surface area contributed by atoms with Crippen LogP contribution < -0.4 is 4.57 Å². The summed E-state index contributed by atoms with van der Waals surface area (Å²) < 4.78 is 9.13. The monoisotopic (exact) mass is 155 g/mol. The molecule has 0 amide bonds. The first kappa shape index (κ1) is 8.27. The highest BCUT2D eigenvalue weighted by atomic mass is 16.5. The molecule has 11 heavy (non-hydrogen) atoms. The van der Waals surface area contributed by atoms with E-state index in [0.717, 1.165) is 6.54 Å². The SMILES string of the molecule is CCCn1cc[n+](COC)c1. The first-order valence-corrected chi connectivity index (χ1v) is 3.90. The van der Waals surface area contributed by atoms with Gasteiger partial charge in [0.15, 0.2) is 6.73 Å². The Balaban J connectivity index is 2.51. The average molecular weight is 155 g/mol. The molecule has 0 aliphatic rings. The molecule has 0 radical (unpaired) electrons. The maximum Gasteiger partial charge on any atom is 0.245 e. The van der Waals surface area contributed by atoms with Gasteiger partial charge in [0.05, 0.1) is 6.54 Å². The Morgan fingerprint density at radius 1 is 1.55 bits per heavy atom. The van der Waals surface area contributed by atoms with Crippen LogP contribution >= 0.6 is 0 Å². The smallest absolute Gasteiger partial charge is 0.245 e. The molecule has 0 aliphatic carbocycles. The van der Waals surface area contributed by atoms with E-state index in [0.29, 0.717) is 6.73 Å². The van der Waals surface area contributed by atoms with Crippen LogP contribution in [0.4, 0.5) is 0 Å². The third-order valence-electron chi connectivity index (χ3n) is 1.51. The summed E-state index contributed by atoms with van der Waals surface area (Å²) in [4.78, 5) is 0. The van der Waals surface area contributed by atoms with E-state index in [1.54, 1.807) is 7.11 Å². The van der Waals surface area contributed by atoms with Gasteiger partial charge in [-0.2, -0.15) is 0 Å². The maximum atomic E-state index is 4.97. The van der Waals surface area contributed by atoms with E-state index in [1.165, 1.54) is 6.42 Å². The van der Waals surface area contributed by atoms with Crippen LogP contribution in [0.1, 0.15) is 13.3 Å². The molecule has 0 saturated carbocycles. The summed E-state index contributed by atoms with van der Waals surface area (Å²) in [7, 11) is 1.70. The van der Waals surface area contributed by atoms with Crippen LogP contribution in [0, 0.1) is 0 Å². The van der Waals surface area contributed by atoms with Gasteiger partial charge in [0.2, 0.25) is 6.33 Å². The molecule has 1 aromatic heterocycles. The Kier molecular flexibility index (Phi) is 3.11. The van der Waals surface area contributed by atoms with Gasteiger partial charge in [-0.25, -0.2) is 9.13 Å². The number of hydrogen-bond acceptors (Lipinski definition) is 1. The summed E-state index contributed by atoms with van der Waals surface area (Å²) in [6, 6.07) is 0. The van der Waals surface area contributed by atoms with E-state index in [2.05, 4.69) is 17.7 Å². The summed E-state index contributed by atoms with van der Waals surface area (Å²) in [6.45, 7) is 3.88. The molecule has 0 unspecified atom stereocenters. The lowest BCUT2D eigenvalue weighted by atomic mass is 10.5. The van der Waals surface area contributed by atoms with Gasteiger partial charge in [-0.1, -0.05) is 6.92 Å². The molecule has 0 atom stereocenters. The third-order valence-corrected chi connectivity index (χ3v) is 1.51. The van der Waals surface area contributed by atoms with Gasteiger partial charge < -0.3 is 4.74 Å². The van der Waals surface area contributed by atoms with E-state index in [4.69, 9.17) is 4.74 Å². The fraction of sp³-hybridized carbons (Fsp3) is 0.625. The van der Waals surface area contributed by atoms with Gasteiger partial charge >= 0.3 is 0 Å². The van der Waals surface area contributed by atoms with Crippen LogP contribution in [0.3, 0.4) is 0 Å². The highest BCUT2D eigenvalue weighted by Gasteiger charge is 1.99. The largest absolute Gasteiger partial charge is 0.345 e. The number of hydrogen-bond donors (Lipinski definition) is 0. The normalized spacial score (nSPS) is 10.4. The Bertz CT molecular complexity index is 187. The van der Waals surface area contributed by atoms with Crippen molar-refractivity contribution in [3.05, 3.63) is 18.7 Å². The number of methoxy groups -OCH3 is 1. The molecule has 1 rings (SSSR count). The fourth-order valence-corrected chi connectivity index (χ4v) is 1.05. The molecule has 0 spiro atoms. The van der Waals surface area contributed by atoms with Crippen molar-refractivity contribution in [1.29, 1.82) is 0 Å². The van der Waals surface area contributed by atoms with E-state index < -0.39 is 0 Å². The number of nitrogens with zero attached hydrogens (tertiary/aromatic N) is 2. The molecule has 1 aromatic rings. The lowest BCUT2D eigenvalue weighted by molar-refractivity contribution is -0.730. The van der Waals surface area contributed by atoms with Crippen LogP contribution in [-0.4, -0.2) is 11.7 Å². The molecule has 3 nitrogen and oxygen atoms in total. The van der Waals surface area contributed by atoms with Crippen molar-refractivity contribution in [2.24, 2.45) is 0 Å². The lowest BCUT2D eigenvalue weighted by Gasteiger charge is -1.91. The predicted molar refractivity (Wildman–Crippen MR) is 41.9 cm³/mol. The summed E-state index contributed by atoms with van der Waals surface area (Å²) in [5.74, 6) is 0. The Morgan fingerprint density at radius 2 is 2.36 bits per heavy atom. The molecule has 0 N–H and O–H groups in total. The zero-order valence-corrected chi connectivity index (χ0v) is 7.16. The molecule has 0 fully saturated rings. The van der Waals surface area contributed by atoms with Gasteiger partial charge in [0.1, 0.15) is 12.4 Å². The predicted octanol–water partition coefficient (Wildman–Crippen LogP) is 0.789. The van der Waals surface area contributed by atoms with Crippen molar-refractivity contribution in [3.63, 3.8) is 0 Å². The summed E-state index contributed by atoms with van der Waals surface area (Å²) in [5, 5.41) is 0. The fourth-order valence-electron chi connectivity index (χ4n) is 1.05. The molecular weight excluding hydrogens is 140 g/mol. The number of aryl methyl sites for hydroxylation is 1. The molecule has 0 bridgehead atoms. The standard InChI is InChI=1S/C8H15N2O/c1-3-4-9-5-6-10(7-9)8-11-2/h5-7H,3-4,8H2,1-2H3/q+1. The van der Waals surface area contributed by atoms with Gasteiger partial charge in [0.25, 0.3) is 0 Å². The summed E-state index contributed by atoms with van der Waals surface area (Å²) in [5.41, 5.74) is 0. The van der Waals surface area contributed by atoms with E-state index >= 15 is 0 Å². The molecular formula is C8H15N2O+. The van der Waals surface area contributed by atoms with Crippen molar-refractivity contribution in [2.45, 2.75) is 26.6 Å². The van der Waals surface area contributed by atoms with Crippen LogP contribution in [-0.2, 0) is 18.0 Å². The molecule has 62 valence electrons. The number of imidazole rings is 1. The molecule has 1 heterocycles.